The standard InChI is InChI=1S/C17H18FNO4/c1-4-22-17(21)15-10(2)16(19-11(15)3)14(20)9-23-13-7-5-6-12(18)8-13/h5-8,19H,4,9H2,1-3H3. The summed E-state index contributed by atoms with van der Waals surface area (Å²) < 4.78 is 23.3. The van der Waals surface area contributed by atoms with Crippen LogP contribution in [0.3, 0.4) is 0 Å². The van der Waals surface area contributed by atoms with Crippen LogP contribution in [0.15, 0.2) is 24.3 Å². The zero-order chi connectivity index (χ0) is 17.0. The van der Waals surface area contributed by atoms with Gasteiger partial charge in [-0.2, -0.15) is 0 Å². The second-order valence-electron chi connectivity index (χ2n) is 5.01. The molecule has 0 spiro atoms. The van der Waals surface area contributed by atoms with Crippen LogP contribution >= 0.6 is 0 Å². The molecule has 122 valence electrons. The van der Waals surface area contributed by atoms with Crippen LogP contribution in [-0.2, 0) is 4.74 Å². The zero-order valence-corrected chi connectivity index (χ0v) is 13.2. The topological polar surface area (TPSA) is 68.4 Å². The SMILES string of the molecule is CCOC(=O)c1c(C)[nH]c(C(=O)COc2cccc(F)c2)c1C. The Labute approximate surface area is 133 Å². The minimum absolute atomic E-state index is 0.257. The third-order valence-electron chi connectivity index (χ3n) is 3.36. The Hall–Kier alpha value is -2.63. The highest BCUT2D eigenvalue weighted by Gasteiger charge is 2.23. The average Bonchev–Trinajstić information content (AvgIpc) is 2.80. The van der Waals surface area contributed by atoms with Crippen LogP contribution in [0.2, 0.25) is 0 Å². The number of aromatic nitrogens is 1. The molecule has 0 aliphatic rings. The number of aromatic amines is 1. The Kier molecular flexibility index (Phi) is 5.16. The lowest BCUT2D eigenvalue weighted by atomic mass is 10.1. The molecular formula is C17H18FNO4. The number of hydrogen-bond donors (Lipinski definition) is 1. The predicted molar refractivity (Wildman–Crippen MR) is 82.4 cm³/mol. The summed E-state index contributed by atoms with van der Waals surface area (Å²) in [5.74, 6) is -0.967. The van der Waals surface area contributed by atoms with E-state index in [1.54, 1.807) is 26.8 Å². The number of benzene rings is 1. The summed E-state index contributed by atoms with van der Waals surface area (Å²) in [4.78, 5) is 27.1. The number of rotatable bonds is 6. The van der Waals surface area contributed by atoms with Gasteiger partial charge in [0.05, 0.1) is 17.9 Å². The molecule has 0 amide bonds. The summed E-state index contributed by atoms with van der Waals surface area (Å²) in [5.41, 5.74) is 1.74. The van der Waals surface area contributed by atoms with Crippen molar-refractivity contribution in [1.82, 2.24) is 4.98 Å². The van der Waals surface area contributed by atoms with Gasteiger partial charge < -0.3 is 14.5 Å². The first-order valence-corrected chi connectivity index (χ1v) is 7.21. The fraction of sp³-hybridized carbons (Fsp3) is 0.294. The molecule has 0 atom stereocenters. The van der Waals surface area contributed by atoms with Crippen LogP contribution in [0.4, 0.5) is 4.39 Å². The second kappa shape index (κ2) is 7.09. The molecular weight excluding hydrogens is 301 g/mol. The molecule has 5 nitrogen and oxygen atoms in total. The van der Waals surface area contributed by atoms with Gasteiger partial charge in [0.1, 0.15) is 11.6 Å². The number of hydrogen-bond acceptors (Lipinski definition) is 4. The molecule has 1 heterocycles. The number of ether oxygens (including phenoxy) is 2. The molecule has 0 radical (unpaired) electrons. The Balaban J connectivity index is 2.14. The van der Waals surface area contributed by atoms with Crippen molar-refractivity contribution in [2.45, 2.75) is 20.8 Å². The first-order valence-electron chi connectivity index (χ1n) is 7.21. The molecule has 1 N–H and O–H groups in total. The molecule has 23 heavy (non-hydrogen) atoms. The third-order valence-corrected chi connectivity index (χ3v) is 3.36. The van der Waals surface area contributed by atoms with Crippen LogP contribution in [0.1, 0.15) is 39.0 Å². The van der Waals surface area contributed by atoms with Gasteiger partial charge in [-0.25, -0.2) is 9.18 Å². The van der Waals surface area contributed by atoms with E-state index in [4.69, 9.17) is 9.47 Å². The lowest BCUT2D eigenvalue weighted by Gasteiger charge is -2.05. The van der Waals surface area contributed by atoms with Gasteiger partial charge >= 0.3 is 5.97 Å². The molecule has 0 unspecified atom stereocenters. The van der Waals surface area contributed by atoms with E-state index in [9.17, 15) is 14.0 Å². The maximum absolute atomic E-state index is 13.1. The number of ketones is 1. The van der Waals surface area contributed by atoms with Crippen molar-refractivity contribution in [1.29, 1.82) is 0 Å². The number of Topliss-reactive ketones (excluding diaryl/α,β-unsaturated/α-hetero) is 1. The first-order chi connectivity index (χ1) is 10.9. The molecule has 0 saturated heterocycles. The van der Waals surface area contributed by atoms with E-state index in [1.807, 2.05) is 0 Å². The van der Waals surface area contributed by atoms with Crippen LogP contribution < -0.4 is 4.74 Å². The van der Waals surface area contributed by atoms with E-state index in [2.05, 4.69) is 4.98 Å². The number of aryl methyl sites for hydroxylation is 1. The van der Waals surface area contributed by atoms with E-state index >= 15 is 0 Å². The summed E-state index contributed by atoms with van der Waals surface area (Å²) in [6.07, 6.45) is 0. The minimum Gasteiger partial charge on any atom is -0.485 e. The predicted octanol–water partition coefficient (Wildman–Crippen LogP) is 3.21. The summed E-state index contributed by atoms with van der Waals surface area (Å²) in [6, 6.07) is 5.55. The van der Waals surface area contributed by atoms with Crippen molar-refractivity contribution < 1.29 is 23.5 Å². The van der Waals surface area contributed by atoms with Gasteiger partial charge in [-0.15, -0.1) is 0 Å². The smallest absolute Gasteiger partial charge is 0.340 e. The highest BCUT2D eigenvalue weighted by Crippen LogP contribution is 2.20. The molecule has 0 fully saturated rings. The quantitative estimate of drug-likeness (QED) is 0.656. The molecule has 2 rings (SSSR count). The number of carbonyl (C=O) groups is 2. The minimum atomic E-state index is -0.469. The highest BCUT2D eigenvalue weighted by molar-refractivity contribution is 6.02. The van der Waals surface area contributed by atoms with E-state index in [0.29, 0.717) is 22.5 Å². The van der Waals surface area contributed by atoms with Crippen molar-refractivity contribution in [3.8, 4) is 5.75 Å². The van der Waals surface area contributed by atoms with Gasteiger partial charge in [0, 0.05) is 11.8 Å². The van der Waals surface area contributed by atoms with Gasteiger partial charge in [0.2, 0.25) is 5.78 Å². The van der Waals surface area contributed by atoms with Crippen molar-refractivity contribution in [3.63, 3.8) is 0 Å². The second-order valence-corrected chi connectivity index (χ2v) is 5.01. The Morgan fingerprint density at radius 2 is 2.00 bits per heavy atom. The summed E-state index contributed by atoms with van der Waals surface area (Å²) >= 11 is 0. The first kappa shape index (κ1) is 16.7. The largest absolute Gasteiger partial charge is 0.485 e. The van der Waals surface area contributed by atoms with E-state index < -0.39 is 11.8 Å². The molecule has 0 saturated carbocycles. The third kappa shape index (κ3) is 3.77. The molecule has 0 aliphatic heterocycles. The Bertz CT molecular complexity index is 736. The maximum atomic E-state index is 13.1. The maximum Gasteiger partial charge on any atom is 0.340 e. The summed E-state index contributed by atoms with van der Waals surface area (Å²) in [7, 11) is 0. The van der Waals surface area contributed by atoms with E-state index in [0.717, 1.165) is 0 Å². The summed E-state index contributed by atoms with van der Waals surface area (Å²) in [5, 5.41) is 0. The number of carbonyl (C=O) groups excluding carboxylic acids is 2. The monoisotopic (exact) mass is 319 g/mol. The van der Waals surface area contributed by atoms with Gasteiger partial charge in [0.15, 0.2) is 6.61 Å². The Morgan fingerprint density at radius 3 is 2.65 bits per heavy atom. The average molecular weight is 319 g/mol. The number of nitrogens with one attached hydrogen (secondary N) is 1. The zero-order valence-electron chi connectivity index (χ0n) is 13.2. The fourth-order valence-electron chi connectivity index (χ4n) is 2.32. The van der Waals surface area contributed by atoms with Crippen LogP contribution in [0, 0.1) is 19.7 Å². The van der Waals surface area contributed by atoms with Crippen molar-refractivity contribution in [3.05, 3.63) is 52.6 Å². The van der Waals surface area contributed by atoms with Gasteiger partial charge in [-0.3, -0.25) is 4.79 Å². The van der Waals surface area contributed by atoms with Crippen LogP contribution in [0.5, 0.6) is 5.75 Å². The fourth-order valence-corrected chi connectivity index (χ4v) is 2.32. The van der Waals surface area contributed by atoms with Gasteiger partial charge in [0.25, 0.3) is 0 Å². The lowest BCUT2D eigenvalue weighted by molar-refractivity contribution is 0.0525. The van der Waals surface area contributed by atoms with E-state index in [-0.39, 0.29) is 24.7 Å². The molecule has 1 aromatic carbocycles. The highest BCUT2D eigenvalue weighted by atomic mass is 19.1. The molecule has 6 heteroatoms. The number of halogens is 1. The van der Waals surface area contributed by atoms with Gasteiger partial charge in [-0.05, 0) is 38.5 Å². The number of H-pyrrole nitrogens is 1. The van der Waals surface area contributed by atoms with E-state index in [1.165, 1.54) is 18.2 Å². The summed E-state index contributed by atoms with van der Waals surface area (Å²) in [6.45, 7) is 5.09. The van der Waals surface area contributed by atoms with Crippen LogP contribution in [0.25, 0.3) is 0 Å². The molecule has 1 aromatic heterocycles. The molecule has 2 aromatic rings. The lowest BCUT2D eigenvalue weighted by Crippen LogP contribution is -2.13. The number of esters is 1. The van der Waals surface area contributed by atoms with Crippen LogP contribution in [-0.4, -0.2) is 30.0 Å². The van der Waals surface area contributed by atoms with Gasteiger partial charge in [-0.1, -0.05) is 6.07 Å². The normalized spacial score (nSPS) is 10.4. The van der Waals surface area contributed by atoms with Crippen molar-refractivity contribution >= 4 is 11.8 Å². The molecule has 0 aliphatic carbocycles. The Morgan fingerprint density at radius 1 is 1.26 bits per heavy atom. The molecule has 0 bridgehead atoms. The van der Waals surface area contributed by atoms with Crippen molar-refractivity contribution in [2.75, 3.05) is 13.2 Å². The van der Waals surface area contributed by atoms with Crippen molar-refractivity contribution in [2.24, 2.45) is 0 Å².